The topological polar surface area (TPSA) is 94.4 Å². The van der Waals surface area contributed by atoms with E-state index in [2.05, 4.69) is 26.2 Å². The van der Waals surface area contributed by atoms with Gasteiger partial charge in [0.15, 0.2) is 0 Å². The predicted molar refractivity (Wildman–Crippen MR) is 72.9 cm³/mol. The van der Waals surface area contributed by atoms with Gasteiger partial charge in [0.1, 0.15) is 23.1 Å². The molecule has 0 unspecified atom stereocenters. The molecule has 0 saturated carbocycles. The quantitative estimate of drug-likeness (QED) is 0.385. The Morgan fingerprint density at radius 1 is 1.63 bits per heavy atom. The summed E-state index contributed by atoms with van der Waals surface area (Å²) in [7, 11) is 0. The molecular weight excluding hydrogens is 318 g/mol. The Bertz CT molecular complexity index is 505. The molecule has 0 aliphatic heterocycles. The number of nitrogens with one attached hydrogen (secondary N) is 1. The summed E-state index contributed by atoms with van der Waals surface area (Å²) in [6.07, 6.45) is 1.16. The Morgan fingerprint density at radius 3 is 2.79 bits per heavy atom. The number of halogens is 1. The molecule has 0 spiro atoms. The monoisotopic (exact) mass is 331 g/mol. The van der Waals surface area contributed by atoms with Gasteiger partial charge in [0, 0.05) is 13.0 Å². The Labute approximate surface area is 118 Å². The Hall–Kier alpha value is -1.70. The number of nitrogens with zero attached hydrogens (tertiary/aromatic N) is 2. The molecule has 19 heavy (non-hydrogen) atoms. The maximum absolute atomic E-state index is 10.9. The lowest BCUT2D eigenvalue weighted by atomic mass is 10.1. The number of rotatable bonds is 5. The van der Waals surface area contributed by atoms with Crippen molar-refractivity contribution < 1.29 is 14.5 Å². The zero-order valence-corrected chi connectivity index (χ0v) is 12.4. The average Bonchev–Trinajstić information content (AvgIpc) is 2.25. The van der Waals surface area contributed by atoms with E-state index in [4.69, 9.17) is 4.74 Å². The van der Waals surface area contributed by atoms with Gasteiger partial charge in [-0.3, -0.25) is 14.9 Å². The minimum absolute atomic E-state index is 0.0967. The molecule has 1 aromatic rings. The van der Waals surface area contributed by atoms with E-state index in [1.165, 1.54) is 13.0 Å². The van der Waals surface area contributed by atoms with Crippen LogP contribution in [0, 0.1) is 10.1 Å². The number of hydrogen-bond acceptors (Lipinski definition) is 6. The van der Waals surface area contributed by atoms with E-state index in [0.29, 0.717) is 10.3 Å². The number of ether oxygens (including phenoxy) is 1. The van der Waals surface area contributed by atoms with Gasteiger partial charge in [0.25, 0.3) is 0 Å². The number of hydrogen-bond donors (Lipinski definition) is 1. The molecule has 104 valence electrons. The molecule has 1 heterocycles. The molecule has 0 amide bonds. The van der Waals surface area contributed by atoms with E-state index in [1.54, 1.807) is 13.8 Å². The van der Waals surface area contributed by atoms with Crippen LogP contribution in [0.5, 0.6) is 0 Å². The van der Waals surface area contributed by atoms with E-state index in [1.807, 2.05) is 0 Å². The van der Waals surface area contributed by atoms with Crippen LogP contribution in [0.15, 0.2) is 16.9 Å². The van der Waals surface area contributed by atoms with Gasteiger partial charge in [-0.2, -0.15) is 0 Å². The Kier molecular flexibility index (Phi) is 4.82. The molecule has 1 N–H and O–H groups in total. The van der Waals surface area contributed by atoms with E-state index in [0.717, 1.165) is 6.20 Å². The van der Waals surface area contributed by atoms with Crippen molar-refractivity contribution in [2.75, 3.05) is 11.9 Å². The van der Waals surface area contributed by atoms with Crippen LogP contribution in [-0.2, 0) is 9.53 Å². The van der Waals surface area contributed by atoms with E-state index in [9.17, 15) is 14.9 Å². The second-order valence-corrected chi connectivity index (χ2v) is 5.38. The van der Waals surface area contributed by atoms with E-state index in [-0.39, 0.29) is 12.3 Å². The van der Waals surface area contributed by atoms with Crippen LogP contribution in [0.4, 0.5) is 11.4 Å². The lowest BCUT2D eigenvalue weighted by molar-refractivity contribution is -0.384. The van der Waals surface area contributed by atoms with Crippen molar-refractivity contribution in [3.8, 4) is 0 Å². The van der Waals surface area contributed by atoms with Crippen molar-refractivity contribution in [2.45, 2.75) is 26.3 Å². The summed E-state index contributed by atoms with van der Waals surface area (Å²) < 4.78 is 5.39. The maximum Gasteiger partial charge on any atom is 0.310 e. The summed E-state index contributed by atoms with van der Waals surface area (Å²) in [4.78, 5) is 25.0. The summed E-state index contributed by atoms with van der Waals surface area (Å²) in [5.74, 6) is -0.403. The first-order valence-electron chi connectivity index (χ1n) is 5.43. The van der Waals surface area contributed by atoms with Gasteiger partial charge in [-0.15, -0.1) is 0 Å². The van der Waals surface area contributed by atoms with Gasteiger partial charge in [-0.05, 0) is 29.8 Å². The smallest absolute Gasteiger partial charge is 0.310 e. The second-order valence-electron chi connectivity index (χ2n) is 4.57. The van der Waals surface area contributed by atoms with Gasteiger partial charge in [0.05, 0.1) is 10.5 Å². The maximum atomic E-state index is 10.9. The molecule has 0 aliphatic carbocycles. The fraction of sp³-hybridized carbons (Fsp3) is 0.455. The third kappa shape index (κ3) is 4.82. The third-order valence-electron chi connectivity index (χ3n) is 2.16. The van der Waals surface area contributed by atoms with E-state index >= 15 is 0 Å². The summed E-state index contributed by atoms with van der Waals surface area (Å²) in [6, 6.07) is 1.51. The van der Waals surface area contributed by atoms with Gasteiger partial charge in [-0.25, -0.2) is 4.98 Å². The van der Waals surface area contributed by atoms with Crippen molar-refractivity contribution in [2.24, 2.45) is 0 Å². The number of aromatic nitrogens is 1. The second kappa shape index (κ2) is 5.96. The highest BCUT2D eigenvalue weighted by Crippen LogP contribution is 2.28. The molecule has 0 aliphatic rings. The molecule has 8 heteroatoms. The standard InChI is InChI=1S/C11H14BrN3O4/c1-7(16)19-6-11(2,3)14-8-4-10(12)13-5-9(8)15(17)18/h4-5H,6H2,1-3H3,(H,13,14). The highest BCUT2D eigenvalue weighted by molar-refractivity contribution is 9.10. The lowest BCUT2D eigenvalue weighted by Crippen LogP contribution is -2.37. The average molecular weight is 332 g/mol. The summed E-state index contributed by atoms with van der Waals surface area (Å²) in [6.45, 7) is 4.95. The molecule has 0 radical (unpaired) electrons. The van der Waals surface area contributed by atoms with Crippen molar-refractivity contribution >= 4 is 33.3 Å². The number of anilines is 1. The SMILES string of the molecule is CC(=O)OCC(C)(C)Nc1cc(Br)ncc1[N+](=O)[O-]. The fourth-order valence-electron chi connectivity index (χ4n) is 1.35. The fourth-order valence-corrected chi connectivity index (χ4v) is 1.68. The van der Waals surface area contributed by atoms with Crippen LogP contribution in [0.1, 0.15) is 20.8 Å². The summed E-state index contributed by atoms with van der Waals surface area (Å²) >= 11 is 3.16. The van der Waals surface area contributed by atoms with Gasteiger partial charge < -0.3 is 10.1 Å². The van der Waals surface area contributed by atoms with Crippen LogP contribution >= 0.6 is 15.9 Å². The van der Waals surface area contributed by atoms with Crippen LogP contribution in [0.3, 0.4) is 0 Å². The molecular formula is C11H14BrN3O4. The summed E-state index contributed by atoms with van der Waals surface area (Å²) in [5, 5.41) is 13.9. The Balaban J connectivity index is 2.94. The molecule has 0 saturated heterocycles. The lowest BCUT2D eigenvalue weighted by Gasteiger charge is -2.26. The first kappa shape index (κ1) is 15.4. The molecule has 0 aromatic carbocycles. The number of carbonyl (C=O) groups excluding carboxylic acids is 1. The van der Waals surface area contributed by atoms with Gasteiger partial charge in [-0.1, -0.05) is 0 Å². The van der Waals surface area contributed by atoms with Crippen molar-refractivity contribution in [1.29, 1.82) is 0 Å². The number of pyridine rings is 1. The van der Waals surface area contributed by atoms with Gasteiger partial charge in [0.2, 0.25) is 0 Å². The van der Waals surface area contributed by atoms with Gasteiger partial charge >= 0.3 is 11.7 Å². The van der Waals surface area contributed by atoms with Crippen LogP contribution in [-0.4, -0.2) is 28.0 Å². The summed E-state index contributed by atoms with van der Waals surface area (Å²) in [5.41, 5.74) is -0.472. The zero-order chi connectivity index (χ0) is 14.6. The normalized spacial score (nSPS) is 10.9. The van der Waals surface area contributed by atoms with Crippen LogP contribution in [0.2, 0.25) is 0 Å². The first-order chi connectivity index (χ1) is 8.71. The highest BCUT2D eigenvalue weighted by Gasteiger charge is 2.24. The minimum Gasteiger partial charge on any atom is -0.463 e. The zero-order valence-electron chi connectivity index (χ0n) is 10.8. The molecule has 1 rings (SSSR count). The minimum atomic E-state index is -0.642. The van der Waals surface area contributed by atoms with Crippen LogP contribution in [0.25, 0.3) is 0 Å². The third-order valence-corrected chi connectivity index (χ3v) is 2.59. The number of nitro groups is 1. The first-order valence-corrected chi connectivity index (χ1v) is 6.22. The van der Waals surface area contributed by atoms with Crippen molar-refractivity contribution in [1.82, 2.24) is 4.98 Å². The molecule has 7 nitrogen and oxygen atoms in total. The Morgan fingerprint density at radius 2 is 2.26 bits per heavy atom. The largest absolute Gasteiger partial charge is 0.463 e. The van der Waals surface area contributed by atoms with Crippen molar-refractivity contribution in [3.63, 3.8) is 0 Å². The highest BCUT2D eigenvalue weighted by atomic mass is 79.9. The number of esters is 1. The number of carbonyl (C=O) groups is 1. The molecule has 0 fully saturated rings. The predicted octanol–water partition coefficient (Wildman–Crippen LogP) is 2.51. The molecule has 0 atom stereocenters. The van der Waals surface area contributed by atoms with Crippen molar-refractivity contribution in [3.05, 3.63) is 27.0 Å². The molecule has 1 aromatic heterocycles. The van der Waals surface area contributed by atoms with Crippen LogP contribution < -0.4 is 5.32 Å². The molecule has 0 bridgehead atoms. The van der Waals surface area contributed by atoms with E-state index < -0.39 is 16.4 Å².